The molecule has 1 rings (SSSR count). The van der Waals surface area contributed by atoms with Gasteiger partial charge in [0, 0.05) is 0 Å². The maximum absolute atomic E-state index is 13.4. The lowest BCUT2D eigenvalue weighted by atomic mass is 9.65. The van der Waals surface area contributed by atoms with Crippen molar-refractivity contribution in [1.82, 2.24) is 0 Å². The van der Waals surface area contributed by atoms with Crippen molar-refractivity contribution < 1.29 is 4.39 Å². The van der Waals surface area contributed by atoms with Crippen molar-refractivity contribution in [3.05, 3.63) is 0 Å². The zero-order chi connectivity index (χ0) is 11.6. The lowest BCUT2D eigenvalue weighted by molar-refractivity contribution is 0.0659. The van der Waals surface area contributed by atoms with E-state index in [1.807, 2.05) is 0 Å². The van der Waals surface area contributed by atoms with Gasteiger partial charge in [-0.05, 0) is 55.8 Å². The Bertz CT molecular complexity index is 184. The fourth-order valence-electron chi connectivity index (χ4n) is 3.27. The molecule has 90 valence electrons. The minimum absolute atomic E-state index is 0.326. The number of alkyl halides is 1. The normalized spacial score (nSPS) is 34.8. The predicted octanol–water partition coefficient (Wildman–Crippen LogP) is 4.69. The van der Waals surface area contributed by atoms with Crippen LogP contribution >= 0.6 is 0 Å². The summed E-state index contributed by atoms with van der Waals surface area (Å²) in [4.78, 5) is 0. The summed E-state index contributed by atoms with van der Waals surface area (Å²) in [6, 6.07) is 0. The molecule has 15 heavy (non-hydrogen) atoms. The van der Waals surface area contributed by atoms with Crippen LogP contribution in [-0.4, -0.2) is 6.17 Å². The largest absolute Gasteiger partial charge is 0.247 e. The lowest BCUT2D eigenvalue weighted by Gasteiger charge is -2.41. The molecule has 0 amide bonds. The molecule has 4 unspecified atom stereocenters. The van der Waals surface area contributed by atoms with Crippen molar-refractivity contribution in [3.8, 4) is 0 Å². The number of hydrogen-bond acceptors (Lipinski definition) is 0. The molecule has 0 aromatic heterocycles. The van der Waals surface area contributed by atoms with Crippen LogP contribution in [-0.2, 0) is 0 Å². The second kappa shape index (κ2) is 5.32. The van der Waals surface area contributed by atoms with E-state index in [9.17, 15) is 4.39 Å². The maximum atomic E-state index is 13.4. The molecule has 1 fully saturated rings. The van der Waals surface area contributed by atoms with Crippen LogP contribution in [0, 0.1) is 29.6 Å². The van der Waals surface area contributed by atoms with Crippen molar-refractivity contribution >= 4 is 0 Å². The average molecular weight is 214 g/mol. The highest BCUT2D eigenvalue weighted by Gasteiger charge is 2.35. The van der Waals surface area contributed by atoms with Crippen LogP contribution in [0.2, 0.25) is 0 Å². The van der Waals surface area contributed by atoms with Gasteiger partial charge in [-0.3, -0.25) is 0 Å². The van der Waals surface area contributed by atoms with Crippen molar-refractivity contribution in [1.29, 1.82) is 0 Å². The molecule has 1 heteroatoms. The van der Waals surface area contributed by atoms with Crippen molar-refractivity contribution in [2.75, 3.05) is 0 Å². The summed E-state index contributed by atoms with van der Waals surface area (Å²) in [5, 5.41) is 0. The standard InChI is InChI=1S/C14H27F/c1-9(2)13-7-6-12(11(5)15)8-14(13)10(3)4/h9-14H,6-8H2,1-5H3. The van der Waals surface area contributed by atoms with Crippen LogP contribution in [0.1, 0.15) is 53.9 Å². The summed E-state index contributed by atoms with van der Waals surface area (Å²) < 4.78 is 13.4. The molecule has 0 saturated heterocycles. The molecule has 0 N–H and O–H groups in total. The van der Waals surface area contributed by atoms with E-state index in [2.05, 4.69) is 27.7 Å². The maximum Gasteiger partial charge on any atom is 0.100 e. The minimum atomic E-state index is -0.612. The average Bonchev–Trinajstić information content (AvgIpc) is 2.16. The summed E-state index contributed by atoms with van der Waals surface area (Å²) in [7, 11) is 0. The molecule has 0 bridgehead atoms. The molecule has 0 radical (unpaired) electrons. The molecule has 0 heterocycles. The first-order chi connectivity index (χ1) is 6.93. The van der Waals surface area contributed by atoms with Gasteiger partial charge in [0.05, 0.1) is 0 Å². The van der Waals surface area contributed by atoms with Gasteiger partial charge >= 0.3 is 0 Å². The quantitative estimate of drug-likeness (QED) is 0.639. The molecule has 0 aliphatic heterocycles. The SMILES string of the molecule is CC(C)C1CCC(C(C)F)CC1C(C)C. The molecule has 0 aromatic rings. The lowest BCUT2D eigenvalue weighted by Crippen LogP contribution is -2.34. The fraction of sp³-hybridized carbons (Fsp3) is 1.00. The first-order valence-corrected chi connectivity index (χ1v) is 6.57. The van der Waals surface area contributed by atoms with Gasteiger partial charge in [0.25, 0.3) is 0 Å². The van der Waals surface area contributed by atoms with Crippen molar-refractivity contribution in [2.45, 2.75) is 60.1 Å². The monoisotopic (exact) mass is 214 g/mol. The van der Waals surface area contributed by atoms with Crippen molar-refractivity contribution in [3.63, 3.8) is 0 Å². The summed E-state index contributed by atoms with van der Waals surface area (Å²) in [5.74, 6) is 3.35. The van der Waals surface area contributed by atoms with E-state index in [0.717, 1.165) is 30.6 Å². The van der Waals surface area contributed by atoms with Gasteiger partial charge in [-0.25, -0.2) is 4.39 Å². The number of hydrogen-bond donors (Lipinski definition) is 0. The molecule has 1 saturated carbocycles. The van der Waals surface area contributed by atoms with Gasteiger partial charge in [-0.1, -0.05) is 27.7 Å². The van der Waals surface area contributed by atoms with E-state index >= 15 is 0 Å². The van der Waals surface area contributed by atoms with Gasteiger partial charge in [0.15, 0.2) is 0 Å². The number of rotatable bonds is 3. The predicted molar refractivity (Wildman–Crippen MR) is 64.6 cm³/mol. The highest BCUT2D eigenvalue weighted by molar-refractivity contribution is 4.85. The topological polar surface area (TPSA) is 0 Å². The van der Waals surface area contributed by atoms with E-state index in [-0.39, 0.29) is 0 Å². The molecule has 0 spiro atoms. The fourth-order valence-corrected chi connectivity index (χ4v) is 3.27. The molecule has 1 aliphatic carbocycles. The third-order valence-corrected chi connectivity index (χ3v) is 4.36. The summed E-state index contributed by atoms with van der Waals surface area (Å²) >= 11 is 0. The Morgan fingerprint density at radius 2 is 1.40 bits per heavy atom. The van der Waals surface area contributed by atoms with Crippen LogP contribution in [0.4, 0.5) is 4.39 Å². The van der Waals surface area contributed by atoms with Crippen LogP contribution < -0.4 is 0 Å². The van der Waals surface area contributed by atoms with Crippen LogP contribution in [0.3, 0.4) is 0 Å². The zero-order valence-corrected chi connectivity index (χ0v) is 11.0. The first-order valence-electron chi connectivity index (χ1n) is 6.57. The minimum Gasteiger partial charge on any atom is -0.247 e. The zero-order valence-electron chi connectivity index (χ0n) is 11.0. The smallest absolute Gasteiger partial charge is 0.100 e. The van der Waals surface area contributed by atoms with E-state index < -0.39 is 6.17 Å². The highest BCUT2D eigenvalue weighted by Crippen LogP contribution is 2.43. The summed E-state index contributed by atoms with van der Waals surface area (Å²) in [6.45, 7) is 11.0. The Kier molecular flexibility index (Phi) is 4.61. The Morgan fingerprint density at radius 3 is 1.80 bits per heavy atom. The summed E-state index contributed by atoms with van der Waals surface area (Å²) in [5.41, 5.74) is 0. The molecule has 4 atom stereocenters. The Hall–Kier alpha value is -0.0700. The van der Waals surface area contributed by atoms with E-state index in [1.54, 1.807) is 6.92 Å². The molecular formula is C14H27F. The Balaban J connectivity index is 2.65. The van der Waals surface area contributed by atoms with Gasteiger partial charge in [-0.2, -0.15) is 0 Å². The third-order valence-electron chi connectivity index (χ3n) is 4.36. The Morgan fingerprint density at radius 1 is 0.867 bits per heavy atom. The van der Waals surface area contributed by atoms with Crippen LogP contribution in [0.25, 0.3) is 0 Å². The van der Waals surface area contributed by atoms with Crippen LogP contribution in [0.5, 0.6) is 0 Å². The molecule has 0 nitrogen and oxygen atoms in total. The first kappa shape index (κ1) is 13.0. The third kappa shape index (κ3) is 3.19. The molecule has 1 aliphatic rings. The van der Waals surface area contributed by atoms with E-state index in [1.165, 1.54) is 6.42 Å². The van der Waals surface area contributed by atoms with Gasteiger partial charge < -0.3 is 0 Å². The van der Waals surface area contributed by atoms with Crippen molar-refractivity contribution in [2.24, 2.45) is 29.6 Å². The second-order valence-corrected chi connectivity index (χ2v) is 6.07. The molecular weight excluding hydrogens is 187 g/mol. The molecule has 0 aromatic carbocycles. The van der Waals surface area contributed by atoms with E-state index in [4.69, 9.17) is 0 Å². The number of halogens is 1. The summed E-state index contributed by atoms with van der Waals surface area (Å²) in [6.07, 6.45) is 2.83. The van der Waals surface area contributed by atoms with E-state index in [0.29, 0.717) is 11.8 Å². The van der Waals surface area contributed by atoms with Crippen LogP contribution in [0.15, 0.2) is 0 Å². The van der Waals surface area contributed by atoms with Gasteiger partial charge in [0.1, 0.15) is 6.17 Å². The second-order valence-electron chi connectivity index (χ2n) is 6.07. The Labute approximate surface area is 94.6 Å². The van der Waals surface area contributed by atoms with Gasteiger partial charge in [0.2, 0.25) is 0 Å². The van der Waals surface area contributed by atoms with Gasteiger partial charge in [-0.15, -0.1) is 0 Å². The highest BCUT2D eigenvalue weighted by atomic mass is 19.1.